The highest BCUT2D eigenvalue weighted by Crippen LogP contribution is 2.32. The highest BCUT2D eigenvalue weighted by molar-refractivity contribution is 6.33. The molecule has 150 valence electrons. The molecule has 0 aliphatic heterocycles. The van der Waals surface area contributed by atoms with Gasteiger partial charge in [-0.2, -0.15) is 5.10 Å². The third-order valence-electron chi connectivity index (χ3n) is 4.94. The average Bonchev–Trinajstić information content (AvgIpc) is 3.17. The van der Waals surface area contributed by atoms with Crippen molar-refractivity contribution in [2.75, 3.05) is 0 Å². The normalized spacial score (nSPS) is 10.9. The molecule has 4 rings (SSSR count). The summed E-state index contributed by atoms with van der Waals surface area (Å²) < 4.78 is 15.4. The molecule has 0 atom stereocenters. The number of halogens is 2. The van der Waals surface area contributed by atoms with Crippen molar-refractivity contribution in [3.05, 3.63) is 89.0 Å². The first-order valence-electron chi connectivity index (χ1n) is 9.29. The van der Waals surface area contributed by atoms with Gasteiger partial charge in [0.15, 0.2) is 5.78 Å². The van der Waals surface area contributed by atoms with E-state index in [9.17, 15) is 9.18 Å². The zero-order chi connectivity index (χ0) is 21.3. The van der Waals surface area contributed by atoms with Gasteiger partial charge in [0.25, 0.3) is 0 Å². The van der Waals surface area contributed by atoms with Crippen LogP contribution >= 0.6 is 11.6 Å². The highest BCUT2D eigenvalue weighted by atomic mass is 35.5. The van der Waals surface area contributed by atoms with Crippen molar-refractivity contribution in [2.45, 2.75) is 13.3 Å². The fourth-order valence-electron chi connectivity index (χ4n) is 3.23. The molecule has 0 spiro atoms. The van der Waals surface area contributed by atoms with E-state index in [1.54, 1.807) is 30.1 Å². The van der Waals surface area contributed by atoms with Crippen LogP contribution in [0.15, 0.2) is 61.3 Å². The monoisotopic (exact) mass is 420 g/mol. The Morgan fingerprint density at radius 2 is 1.87 bits per heavy atom. The summed E-state index contributed by atoms with van der Waals surface area (Å²) in [7, 11) is 1.87. The van der Waals surface area contributed by atoms with Gasteiger partial charge in [-0.3, -0.25) is 19.4 Å². The average molecular weight is 421 g/mol. The first-order valence-corrected chi connectivity index (χ1v) is 9.67. The summed E-state index contributed by atoms with van der Waals surface area (Å²) in [6.45, 7) is 1.57. The van der Waals surface area contributed by atoms with Crippen LogP contribution in [0.3, 0.4) is 0 Å². The molecule has 4 aromatic rings. The van der Waals surface area contributed by atoms with Gasteiger partial charge >= 0.3 is 0 Å². The maximum Gasteiger partial charge on any atom is 0.170 e. The molecule has 0 fully saturated rings. The van der Waals surface area contributed by atoms with E-state index in [0.29, 0.717) is 16.3 Å². The number of aryl methyl sites for hydroxylation is 1. The predicted molar refractivity (Wildman–Crippen MR) is 114 cm³/mol. The number of rotatable bonds is 5. The highest BCUT2D eigenvalue weighted by Gasteiger charge is 2.14. The molecular weight excluding hydrogens is 403 g/mol. The minimum absolute atomic E-state index is 0.0652. The summed E-state index contributed by atoms with van der Waals surface area (Å²) in [5.41, 5.74) is 4.82. The van der Waals surface area contributed by atoms with Crippen molar-refractivity contribution in [2.24, 2.45) is 7.05 Å². The molecule has 0 amide bonds. The lowest BCUT2D eigenvalue weighted by Crippen LogP contribution is -2.08. The molecule has 0 bridgehead atoms. The molecule has 3 aromatic heterocycles. The number of nitrogens with zero attached hydrogens (tertiary/aromatic N) is 4. The van der Waals surface area contributed by atoms with E-state index >= 15 is 0 Å². The minimum atomic E-state index is -0.493. The van der Waals surface area contributed by atoms with Gasteiger partial charge in [0.2, 0.25) is 0 Å². The molecular formula is C23H18ClFN4O. The van der Waals surface area contributed by atoms with Crippen LogP contribution in [0.5, 0.6) is 0 Å². The number of pyridine rings is 2. The molecule has 0 unspecified atom stereocenters. The molecule has 0 N–H and O–H groups in total. The second kappa shape index (κ2) is 8.16. The fourth-order valence-corrected chi connectivity index (χ4v) is 3.45. The van der Waals surface area contributed by atoms with Crippen molar-refractivity contribution in [3.8, 4) is 22.3 Å². The van der Waals surface area contributed by atoms with Crippen molar-refractivity contribution in [3.63, 3.8) is 0 Å². The van der Waals surface area contributed by atoms with Crippen molar-refractivity contribution in [1.29, 1.82) is 0 Å². The summed E-state index contributed by atoms with van der Waals surface area (Å²) in [5.74, 6) is -0.719. The van der Waals surface area contributed by atoms with Gasteiger partial charge in [-0.1, -0.05) is 23.7 Å². The van der Waals surface area contributed by atoms with Crippen molar-refractivity contribution in [1.82, 2.24) is 19.7 Å². The number of ketones is 1. The Hall–Kier alpha value is -3.38. The molecule has 1 aromatic carbocycles. The first kappa shape index (κ1) is 19.9. The van der Waals surface area contributed by atoms with Crippen LogP contribution in [0, 0.1) is 12.7 Å². The van der Waals surface area contributed by atoms with Gasteiger partial charge in [0.1, 0.15) is 5.82 Å². The number of hydrogen-bond donors (Lipinski definition) is 0. The summed E-state index contributed by atoms with van der Waals surface area (Å²) in [5, 5.41) is 4.81. The molecule has 7 heteroatoms. The third-order valence-corrected chi connectivity index (χ3v) is 5.27. The second-order valence-electron chi connectivity index (χ2n) is 7.03. The lowest BCUT2D eigenvalue weighted by molar-refractivity contribution is 0.0990. The van der Waals surface area contributed by atoms with Gasteiger partial charge in [-0.15, -0.1) is 0 Å². The zero-order valence-electron chi connectivity index (χ0n) is 16.4. The van der Waals surface area contributed by atoms with E-state index in [4.69, 9.17) is 11.6 Å². The molecule has 0 radical (unpaired) electrons. The van der Waals surface area contributed by atoms with Crippen molar-refractivity contribution < 1.29 is 9.18 Å². The first-order chi connectivity index (χ1) is 14.4. The van der Waals surface area contributed by atoms with Gasteiger partial charge < -0.3 is 0 Å². The SMILES string of the molecule is Cc1c(F)cncc1C(=O)Cc1ccc(-c2cc(-c3cnn(C)c3)ccc2Cl)cn1. The molecule has 0 aliphatic carbocycles. The van der Waals surface area contributed by atoms with Crippen LogP contribution in [0.25, 0.3) is 22.3 Å². The van der Waals surface area contributed by atoms with E-state index in [0.717, 1.165) is 28.5 Å². The van der Waals surface area contributed by atoms with Crippen LogP contribution in [0.4, 0.5) is 4.39 Å². The van der Waals surface area contributed by atoms with E-state index in [1.165, 1.54) is 6.20 Å². The third kappa shape index (κ3) is 4.00. The smallest absolute Gasteiger partial charge is 0.170 e. The van der Waals surface area contributed by atoms with E-state index in [2.05, 4.69) is 15.1 Å². The van der Waals surface area contributed by atoms with Gasteiger partial charge in [0.05, 0.1) is 18.8 Å². The summed E-state index contributed by atoms with van der Waals surface area (Å²) >= 11 is 6.41. The fraction of sp³-hybridized carbons (Fsp3) is 0.130. The van der Waals surface area contributed by atoms with Crippen molar-refractivity contribution >= 4 is 17.4 Å². The topological polar surface area (TPSA) is 60.7 Å². The summed E-state index contributed by atoms with van der Waals surface area (Å²) in [6.07, 6.45) is 7.97. The Bertz CT molecular complexity index is 1230. The van der Waals surface area contributed by atoms with E-state index in [-0.39, 0.29) is 17.8 Å². The minimum Gasteiger partial charge on any atom is -0.294 e. The van der Waals surface area contributed by atoms with Gasteiger partial charge in [0, 0.05) is 58.6 Å². The van der Waals surface area contributed by atoms with E-state index < -0.39 is 5.82 Å². The maximum atomic E-state index is 13.7. The Morgan fingerprint density at radius 3 is 2.57 bits per heavy atom. The lowest BCUT2D eigenvalue weighted by atomic mass is 10.0. The van der Waals surface area contributed by atoms with Crippen LogP contribution < -0.4 is 0 Å². The van der Waals surface area contributed by atoms with Crippen LogP contribution in [-0.4, -0.2) is 25.5 Å². The Balaban J connectivity index is 1.58. The number of aromatic nitrogens is 4. The Morgan fingerprint density at radius 1 is 1.07 bits per heavy atom. The standard InChI is InChI=1S/C23H18ClFN4O/c1-14-20(11-26-12-22(14)25)23(30)8-18-5-3-16(9-27-18)19-7-15(4-6-21(19)24)17-10-28-29(2)13-17/h3-7,9-13H,8H2,1-2H3. The number of benzene rings is 1. The van der Waals surface area contributed by atoms with Crippen LogP contribution in [0.2, 0.25) is 5.02 Å². The molecule has 3 heterocycles. The predicted octanol–water partition coefficient (Wildman–Crippen LogP) is 5.07. The Labute approximate surface area is 178 Å². The summed E-state index contributed by atoms with van der Waals surface area (Å²) in [6, 6.07) is 9.43. The molecule has 0 saturated carbocycles. The second-order valence-corrected chi connectivity index (χ2v) is 7.44. The Kier molecular flexibility index (Phi) is 5.42. The zero-order valence-corrected chi connectivity index (χ0v) is 17.2. The van der Waals surface area contributed by atoms with Gasteiger partial charge in [-0.05, 0) is 36.2 Å². The molecule has 0 saturated heterocycles. The van der Waals surface area contributed by atoms with Crippen LogP contribution in [0.1, 0.15) is 21.6 Å². The lowest BCUT2D eigenvalue weighted by Gasteiger charge is -2.09. The number of carbonyl (C=O) groups excluding carboxylic acids is 1. The van der Waals surface area contributed by atoms with E-state index in [1.807, 2.05) is 37.5 Å². The molecule has 30 heavy (non-hydrogen) atoms. The largest absolute Gasteiger partial charge is 0.294 e. The van der Waals surface area contributed by atoms with Crippen LogP contribution in [-0.2, 0) is 13.5 Å². The molecule has 0 aliphatic rings. The summed E-state index contributed by atoms with van der Waals surface area (Å²) in [4.78, 5) is 20.7. The quantitative estimate of drug-likeness (QED) is 0.423. The molecule has 5 nitrogen and oxygen atoms in total. The number of carbonyl (C=O) groups is 1. The number of Topliss-reactive ketones (excluding diaryl/α,β-unsaturated/α-hetero) is 1. The number of hydrogen-bond acceptors (Lipinski definition) is 4. The van der Waals surface area contributed by atoms with Gasteiger partial charge in [-0.25, -0.2) is 4.39 Å². The maximum absolute atomic E-state index is 13.7.